The van der Waals surface area contributed by atoms with Crippen LogP contribution in [0.2, 0.25) is 0 Å². The molecule has 0 heterocycles. The van der Waals surface area contributed by atoms with Crippen LogP contribution in [-0.2, 0) is 6.54 Å². The van der Waals surface area contributed by atoms with E-state index >= 15 is 0 Å². The molecule has 0 fully saturated rings. The molecule has 0 saturated heterocycles. The van der Waals surface area contributed by atoms with Crippen LogP contribution in [0.5, 0.6) is 0 Å². The van der Waals surface area contributed by atoms with Gasteiger partial charge in [-0.1, -0.05) is 30.3 Å². The molecule has 0 aliphatic heterocycles. The van der Waals surface area contributed by atoms with Crippen LogP contribution in [0.25, 0.3) is 0 Å². The number of nitrogen functional groups attached to an aromatic ring is 1. The molecule has 1 amide bonds. The summed E-state index contributed by atoms with van der Waals surface area (Å²) in [4.78, 5) is 32.5. The summed E-state index contributed by atoms with van der Waals surface area (Å²) in [5.74, 6) is 4.11. The van der Waals surface area contributed by atoms with Crippen molar-refractivity contribution in [3.05, 3.63) is 73.8 Å². The van der Waals surface area contributed by atoms with Crippen LogP contribution in [-0.4, -0.2) is 15.8 Å². The summed E-state index contributed by atoms with van der Waals surface area (Å²) in [6.07, 6.45) is 0. The van der Waals surface area contributed by atoms with Crippen molar-refractivity contribution in [2.75, 3.05) is 5.32 Å². The monoisotopic (exact) mass is 331 g/mol. The highest BCUT2D eigenvalue weighted by atomic mass is 16.6. The lowest BCUT2D eigenvalue weighted by Gasteiger charge is -2.09. The number of nitrogens with zero attached hydrogens (tertiary/aromatic N) is 2. The number of benzene rings is 2. The number of hydrogen-bond acceptors (Lipinski definition) is 7. The fourth-order valence-corrected chi connectivity index (χ4v) is 2.08. The molecule has 10 nitrogen and oxygen atoms in total. The number of hydrogen-bond donors (Lipinski definition) is 3. The molecule has 0 atom stereocenters. The summed E-state index contributed by atoms with van der Waals surface area (Å²) in [5.41, 5.74) is 0.847. The largest absolute Gasteiger partial charge is 0.370 e. The van der Waals surface area contributed by atoms with Gasteiger partial charge in [-0.2, -0.15) is 0 Å². The lowest BCUT2D eigenvalue weighted by atomic mass is 10.1. The van der Waals surface area contributed by atoms with Gasteiger partial charge >= 0.3 is 0 Å². The van der Waals surface area contributed by atoms with Crippen LogP contribution in [0, 0.1) is 20.2 Å². The molecule has 0 aromatic heterocycles. The maximum Gasteiger partial charge on any atom is 0.300 e. The number of rotatable bonds is 6. The minimum atomic E-state index is -0.865. The van der Waals surface area contributed by atoms with Gasteiger partial charge in [0, 0.05) is 18.7 Å². The molecule has 0 bridgehead atoms. The van der Waals surface area contributed by atoms with Gasteiger partial charge in [0.1, 0.15) is 0 Å². The van der Waals surface area contributed by atoms with Crippen molar-refractivity contribution < 1.29 is 14.6 Å². The molecule has 0 unspecified atom stereocenters. The predicted molar refractivity (Wildman–Crippen MR) is 85.2 cm³/mol. The highest BCUT2D eigenvalue weighted by molar-refractivity contribution is 5.97. The third-order valence-electron chi connectivity index (χ3n) is 3.20. The quantitative estimate of drug-likeness (QED) is 0.315. The molecular weight excluding hydrogens is 318 g/mol. The Morgan fingerprint density at radius 1 is 1.04 bits per heavy atom. The minimum Gasteiger partial charge on any atom is -0.370 e. The second-order valence-electron chi connectivity index (χ2n) is 4.72. The van der Waals surface area contributed by atoms with E-state index in [0.29, 0.717) is 0 Å². The zero-order chi connectivity index (χ0) is 17.7. The average Bonchev–Trinajstić information content (AvgIpc) is 2.59. The van der Waals surface area contributed by atoms with E-state index in [9.17, 15) is 25.0 Å². The molecule has 24 heavy (non-hydrogen) atoms. The molecule has 2 rings (SSSR count). The first-order chi connectivity index (χ1) is 11.4. The molecule has 2 aromatic carbocycles. The van der Waals surface area contributed by atoms with Gasteiger partial charge in [-0.15, -0.1) is 0 Å². The van der Waals surface area contributed by atoms with E-state index in [0.717, 1.165) is 17.7 Å². The van der Waals surface area contributed by atoms with Gasteiger partial charge in [0.2, 0.25) is 0 Å². The summed E-state index contributed by atoms with van der Waals surface area (Å²) < 4.78 is 0. The number of nitrogens with two attached hydrogens (primary N) is 1. The Balaban J connectivity index is 2.49. The number of carbonyl (C=O) groups excluding carboxylic acids is 1. The van der Waals surface area contributed by atoms with Crippen molar-refractivity contribution in [2.45, 2.75) is 6.54 Å². The zero-order valence-corrected chi connectivity index (χ0v) is 12.3. The fourth-order valence-electron chi connectivity index (χ4n) is 2.08. The Labute approximate surface area is 135 Å². The molecule has 0 radical (unpaired) electrons. The minimum absolute atomic E-state index is 0.144. The van der Waals surface area contributed by atoms with Crippen LogP contribution in [0.1, 0.15) is 15.9 Å². The van der Waals surface area contributed by atoms with E-state index in [1.807, 2.05) is 0 Å². The van der Waals surface area contributed by atoms with Crippen LogP contribution >= 0.6 is 0 Å². The maximum absolute atomic E-state index is 11.6. The molecule has 0 spiro atoms. The molecular formula is C14H13N5O5. The Morgan fingerprint density at radius 2 is 1.58 bits per heavy atom. The van der Waals surface area contributed by atoms with Crippen molar-refractivity contribution in [3.8, 4) is 0 Å². The first-order valence-electron chi connectivity index (χ1n) is 6.69. The van der Waals surface area contributed by atoms with Crippen molar-refractivity contribution in [3.63, 3.8) is 0 Å². The van der Waals surface area contributed by atoms with Gasteiger partial charge in [0.25, 0.3) is 17.3 Å². The number of nitro groups is 2. The highest BCUT2D eigenvalue weighted by Crippen LogP contribution is 2.36. The summed E-state index contributed by atoms with van der Waals surface area (Å²) in [6.45, 7) is 0.144. The Kier molecular flexibility index (Phi) is 5.02. The van der Waals surface area contributed by atoms with Gasteiger partial charge in [-0.05, 0) is 5.56 Å². The molecule has 0 aliphatic rings. The predicted octanol–water partition coefficient (Wildman–Crippen LogP) is 1.72. The maximum atomic E-state index is 11.6. The standard InChI is InChI=1S/C14H13N5O5/c15-17-14(20)10-6-11(18(21)22)13(12(7-10)19(23)24)16-8-9-4-2-1-3-5-9/h1-7,16H,8,15H2,(H,17,20). The summed E-state index contributed by atoms with van der Waals surface area (Å²) in [5, 5.41) is 25.2. The van der Waals surface area contributed by atoms with E-state index in [2.05, 4.69) is 5.32 Å². The summed E-state index contributed by atoms with van der Waals surface area (Å²) in [6, 6.07) is 10.7. The lowest BCUT2D eigenvalue weighted by Crippen LogP contribution is -2.30. The number of nitro benzene ring substituents is 2. The van der Waals surface area contributed by atoms with Crippen LogP contribution in [0.4, 0.5) is 17.1 Å². The molecule has 0 aliphatic carbocycles. The lowest BCUT2D eigenvalue weighted by molar-refractivity contribution is -0.392. The van der Waals surface area contributed by atoms with Gasteiger partial charge < -0.3 is 5.32 Å². The molecule has 4 N–H and O–H groups in total. The SMILES string of the molecule is NNC(=O)c1cc([N+](=O)[O-])c(NCc2ccccc2)c([N+](=O)[O-])c1. The smallest absolute Gasteiger partial charge is 0.300 e. The summed E-state index contributed by atoms with van der Waals surface area (Å²) >= 11 is 0. The molecule has 2 aromatic rings. The molecule has 10 heteroatoms. The summed E-state index contributed by atoms with van der Waals surface area (Å²) in [7, 11) is 0. The van der Waals surface area contributed by atoms with Crippen molar-refractivity contribution in [2.24, 2.45) is 5.84 Å². The van der Waals surface area contributed by atoms with Crippen molar-refractivity contribution in [1.29, 1.82) is 0 Å². The third kappa shape index (κ3) is 3.62. The second-order valence-corrected chi connectivity index (χ2v) is 4.72. The Hall–Kier alpha value is -3.53. The van der Waals surface area contributed by atoms with Crippen LogP contribution in [0.3, 0.4) is 0 Å². The third-order valence-corrected chi connectivity index (χ3v) is 3.20. The van der Waals surface area contributed by atoms with Gasteiger partial charge in [-0.25, -0.2) is 5.84 Å². The number of amides is 1. The number of carbonyl (C=O) groups is 1. The Bertz CT molecular complexity index is 758. The first-order valence-corrected chi connectivity index (χ1v) is 6.69. The molecule has 124 valence electrons. The Morgan fingerprint density at radius 3 is 2.04 bits per heavy atom. The fraction of sp³-hybridized carbons (Fsp3) is 0.0714. The zero-order valence-electron chi connectivity index (χ0n) is 12.3. The number of anilines is 1. The van der Waals surface area contributed by atoms with Crippen LogP contribution < -0.4 is 16.6 Å². The van der Waals surface area contributed by atoms with Gasteiger partial charge in [-0.3, -0.25) is 30.4 Å². The van der Waals surface area contributed by atoms with E-state index in [1.54, 1.807) is 35.8 Å². The van der Waals surface area contributed by atoms with Crippen LogP contribution in [0.15, 0.2) is 42.5 Å². The van der Waals surface area contributed by atoms with Gasteiger partial charge in [0.15, 0.2) is 5.69 Å². The van der Waals surface area contributed by atoms with E-state index < -0.39 is 27.1 Å². The highest BCUT2D eigenvalue weighted by Gasteiger charge is 2.28. The van der Waals surface area contributed by atoms with E-state index in [1.165, 1.54) is 0 Å². The first kappa shape index (κ1) is 16.8. The average molecular weight is 331 g/mol. The van der Waals surface area contributed by atoms with Crippen molar-refractivity contribution >= 4 is 23.0 Å². The van der Waals surface area contributed by atoms with E-state index in [4.69, 9.17) is 5.84 Å². The number of nitrogens with one attached hydrogen (secondary N) is 2. The van der Waals surface area contributed by atoms with E-state index in [-0.39, 0.29) is 17.8 Å². The number of hydrazine groups is 1. The second kappa shape index (κ2) is 7.15. The molecule has 0 saturated carbocycles. The normalized spacial score (nSPS) is 10.0. The van der Waals surface area contributed by atoms with Gasteiger partial charge in [0.05, 0.1) is 15.4 Å². The van der Waals surface area contributed by atoms with Crippen molar-refractivity contribution in [1.82, 2.24) is 5.43 Å². The topological polar surface area (TPSA) is 153 Å².